The fourth-order valence-electron chi connectivity index (χ4n) is 4.13. The van der Waals surface area contributed by atoms with E-state index >= 15 is 0 Å². The van der Waals surface area contributed by atoms with Gasteiger partial charge in [-0.1, -0.05) is 27.7 Å². The van der Waals surface area contributed by atoms with Gasteiger partial charge in [0.05, 0.1) is 6.61 Å². The summed E-state index contributed by atoms with van der Waals surface area (Å²) in [6, 6.07) is 0.702. The fourth-order valence-corrected chi connectivity index (χ4v) is 4.13. The predicted octanol–water partition coefficient (Wildman–Crippen LogP) is 3.85. The van der Waals surface area contributed by atoms with Crippen LogP contribution in [0.4, 0.5) is 0 Å². The third-order valence-electron chi connectivity index (χ3n) is 5.42. The van der Waals surface area contributed by atoms with Crippen molar-refractivity contribution in [3.8, 4) is 0 Å². The molecule has 112 valence electrons. The normalized spacial score (nSPS) is 34.4. The molecule has 2 aliphatic rings. The van der Waals surface area contributed by atoms with Crippen LogP contribution in [0.15, 0.2) is 0 Å². The van der Waals surface area contributed by atoms with Crippen molar-refractivity contribution >= 4 is 0 Å². The van der Waals surface area contributed by atoms with Crippen molar-refractivity contribution in [1.82, 2.24) is 5.32 Å². The molecular weight excluding hydrogens is 234 g/mol. The van der Waals surface area contributed by atoms with E-state index in [0.29, 0.717) is 11.5 Å². The van der Waals surface area contributed by atoms with Crippen molar-refractivity contribution in [2.75, 3.05) is 19.8 Å². The molecule has 1 aliphatic heterocycles. The summed E-state index contributed by atoms with van der Waals surface area (Å²) in [5.74, 6) is 2.56. The summed E-state index contributed by atoms with van der Waals surface area (Å²) in [5.41, 5.74) is 0.495. The van der Waals surface area contributed by atoms with E-state index in [-0.39, 0.29) is 0 Å². The van der Waals surface area contributed by atoms with Gasteiger partial charge in [0.1, 0.15) is 0 Å². The fraction of sp³-hybridized carbons (Fsp3) is 1.00. The Balaban J connectivity index is 1.89. The molecule has 0 spiro atoms. The van der Waals surface area contributed by atoms with Gasteiger partial charge in [-0.15, -0.1) is 0 Å². The van der Waals surface area contributed by atoms with Gasteiger partial charge in [0, 0.05) is 18.6 Å². The summed E-state index contributed by atoms with van der Waals surface area (Å²) in [6.45, 7) is 12.5. The number of rotatable bonds is 4. The van der Waals surface area contributed by atoms with Crippen LogP contribution >= 0.6 is 0 Å². The van der Waals surface area contributed by atoms with Gasteiger partial charge < -0.3 is 10.1 Å². The molecule has 0 aromatic rings. The maximum absolute atomic E-state index is 5.61. The monoisotopic (exact) mass is 267 g/mol. The van der Waals surface area contributed by atoms with Gasteiger partial charge in [0.15, 0.2) is 0 Å². The Morgan fingerprint density at radius 1 is 1.05 bits per heavy atom. The Morgan fingerprint density at radius 2 is 1.74 bits per heavy atom. The summed E-state index contributed by atoms with van der Waals surface area (Å²) >= 11 is 0. The number of hydrogen-bond acceptors (Lipinski definition) is 2. The van der Waals surface area contributed by atoms with E-state index in [1.54, 1.807) is 0 Å². The molecular formula is C17H33NO. The van der Waals surface area contributed by atoms with Crippen molar-refractivity contribution in [1.29, 1.82) is 0 Å². The molecule has 1 N–H and O–H groups in total. The molecule has 0 aromatic heterocycles. The first-order chi connectivity index (χ1) is 9.02. The maximum atomic E-state index is 5.61. The third kappa shape index (κ3) is 3.95. The predicted molar refractivity (Wildman–Crippen MR) is 81.3 cm³/mol. The minimum absolute atomic E-state index is 0.495. The molecule has 0 radical (unpaired) electrons. The van der Waals surface area contributed by atoms with Crippen LogP contribution in [0.25, 0.3) is 0 Å². The molecule has 19 heavy (non-hydrogen) atoms. The maximum Gasteiger partial charge on any atom is 0.0510 e. The molecule has 0 amide bonds. The lowest BCUT2D eigenvalue weighted by Gasteiger charge is -2.41. The van der Waals surface area contributed by atoms with Gasteiger partial charge >= 0.3 is 0 Å². The van der Waals surface area contributed by atoms with E-state index in [0.717, 1.165) is 37.5 Å². The SMILES string of the molecule is CCNC(C1CCC(C(C)(C)C)CC1)C1CCOC1. The zero-order valence-corrected chi connectivity index (χ0v) is 13.4. The molecule has 2 heteroatoms. The van der Waals surface area contributed by atoms with Crippen LogP contribution in [0, 0.1) is 23.2 Å². The second kappa shape index (κ2) is 6.58. The van der Waals surface area contributed by atoms with Gasteiger partial charge in [-0.25, -0.2) is 0 Å². The van der Waals surface area contributed by atoms with E-state index in [2.05, 4.69) is 33.0 Å². The molecule has 1 saturated heterocycles. The molecule has 2 atom stereocenters. The van der Waals surface area contributed by atoms with E-state index in [1.165, 1.54) is 32.1 Å². The van der Waals surface area contributed by atoms with Crippen LogP contribution in [0.3, 0.4) is 0 Å². The summed E-state index contributed by atoms with van der Waals surface area (Å²) in [7, 11) is 0. The Bertz CT molecular complexity index is 257. The Hall–Kier alpha value is -0.0800. The average molecular weight is 267 g/mol. The summed E-state index contributed by atoms with van der Waals surface area (Å²) in [4.78, 5) is 0. The molecule has 2 rings (SSSR count). The molecule has 1 saturated carbocycles. The zero-order valence-electron chi connectivity index (χ0n) is 13.4. The first kappa shape index (κ1) is 15.3. The third-order valence-corrected chi connectivity index (χ3v) is 5.42. The number of ether oxygens (including phenoxy) is 1. The molecule has 2 nitrogen and oxygen atoms in total. The van der Waals surface area contributed by atoms with Crippen LogP contribution in [-0.4, -0.2) is 25.8 Å². The average Bonchev–Trinajstić information content (AvgIpc) is 2.89. The second-order valence-corrected chi connectivity index (χ2v) is 7.68. The van der Waals surface area contributed by atoms with Crippen molar-refractivity contribution in [3.05, 3.63) is 0 Å². The molecule has 2 fully saturated rings. The zero-order chi connectivity index (χ0) is 13.9. The lowest BCUT2D eigenvalue weighted by Crippen LogP contribution is -2.44. The van der Waals surface area contributed by atoms with Crippen LogP contribution in [0.1, 0.15) is 59.8 Å². The highest BCUT2D eigenvalue weighted by Gasteiger charge is 2.36. The minimum atomic E-state index is 0.495. The van der Waals surface area contributed by atoms with Crippen LogP contribution < -0.4 is 5.32 Å². The van der Waals surface area contributed by atoms with Crippen LogP contribution in [0.5, 0.6) is 0 Å². The molecule has 1 heterocycles. The standard InChI is InChI=1S/C17H33NO/c1-5-18-16(14-10-11-19-12-14)13-6-8-15(9-7-13)17(2,3)4/h13-16,18H,5-12H2,1-4H3. The summed E-state index contributed by atoms with van der Waals surface area (Å²) in [5, 5.41) is 3.77. The first-order valence-electron chi connectivity index (χ1n) is 8.33. The molecule has 0 bridgehead atoms. The second-order valence-electron chi connectivity index (χ2n) is 7.68. The highest BCUT2D eigenvalue weighted by molar-refractivity contribution is 4.90. The Kier molecular flexibility index (Phi) is 5.30. The lowest BCUT2D eigenvalue weighted by atomic mass is 9.67. The van der Waals surface area contributed by atoms with Crippen molar-refractivity contribution in [2.24, 2.45) is 23.2 Å². The lowest BCUT2D eigenvalue weighted by molar-refractivity contribution is 0.109. The van der Waals surface area contributed by atoms with E-state index in [4.69, 9.17) is 4.74 Å². The van der Waals surface area contributed by atoms with E-state index < -0.39 is 0 Å². The van der Waals surface area contributed by atoms with Crippen LogP contribution in [0.2, 0.25) is 0 Å². The van der Waals surface area contributed by atoms with Crippen molar-refractivity contribution < 1.29 is 4.74 Å². The highest BCUT2D eigenvalue weighted by atomic mass is 16.5. The van der Waals surface area contributed by atoms with Gasteiger partial charge in [-0.3, -0.25) is 0 Å². The highest BCUT2D eigenvalue weighted by Crippen LogP contribution is 2.42. The number of nitrogens with one attached hydrogen (secondary N) is 1. The molecule has 0 aromatic carbocycles. The quantitative estimate of drug-likeness (QED) is 0.835. The van der Waals surface area contributed by atoms with Gasteiger partial charge in [-0.2, -0.15) is 0 Å². The minimum Gasteiger partial charge on any atom is -0.381 e. The smallest absolute Gasteiger partial charge is 0.0510 e. The van der Waals surface area contributed by atoms with E-state index in [1.807, 2.05) is 0 Å². The first-order valence-corrected chi connectivity index (χ1v) is 8.33. The van der Waals surface area contributed by atoms with Gasteiger partial charge in [0.2, 0.25) is 0 Å². The van der Waals surface area contributed by atoms with Crippen molar-refractivity contribution in [3.63, 3.8) is 0 Å². The Morgan fingerprint density at radius 3 is 2.21 bits per heavy atom. The summed E-state index contributed by atoms with van der Waals surface area (Å²) < 4.78 is 5.61. The van der Waals surface area contributed by atoms with Gasteiger partial charge in [-0.05, 0) is 55.9 Å². The van der Waals surface area contributed by atoms with Crippen molar-refractivity contribution in [2.45, 2.75) is 65.8 Å². The Labute approximate surface area is 119 Å². The van der Waals surface area contributed by atoms with Crippen LogP contribution in [-0.2, 0) is 4.74 Å². The molecule has 2 unspecified atom stereocenters. The van der Waals surface area contributed by atoms with Gasteiger partial charge in [0.25, 0.3) is 0 Å². The largest absolute Gasteiger partial charge is 0.381 e. The summed E-state index contributed by atoms with van der Waals surface area (Å²) in [6.07, 6.45) is 6.93. The topological polar surface area (TPSA) is 21.3 Å². The van der Waals surface area contributed by atoms with E-state index in [9.17, 15) is 0 Å². The molecule has 1 aliphatic carbocycles. The number of hydrogen-bond donors (Lipinski definition) is 1.